The van der Waals surface area contributed by atoms with Crippen molar-refractivity contribution in [3.63, 3.8) is 0 Å². The van der Waals surface area contributed by atoms with Crippen LogP contribution in [0.5, 0.6) is 0 Å². The summed E-state index contributed by atoms with van der Waals surface area (Å²) in [5.74, 6) is 0. The first kappa shape index (κ1) is 9.22. The maximum absolute atomic E-state index is 6.16. The molecule has 2 N–H and O–H groups in total. The van der Waals surface area contributed by atoms with Gasteiger partial charge in [-0.1, -0.05) is 35.8 Å². The van der Waals surface area contributed by atoms with E-state index in [0.29, 0.717) is 0 Å². The van der Waals surface area contributed by atoms with Gasteiger partial charge in [0.25, 0.3) is 0 Å². The lowest BCUT2D eigenvalue weighted by Gasteiger charge is -2.23. The standard InChI is InChI=1S/C11H14BrN/c1-11(2)6-7-5-8(12)3-4-9(7)10(11)13/h3-5,10H,6,13H2,1-2H3/t10-/m0/s1. The van der Waals surface area contributed by atoms with Gasteiger partial charge in [0.1, 0.15) is 0 Å². The van der Waals surface area contributed by atoms with Gasteiger partial charge >= 0.3 is 0 Å². The number of rotatable bonds is 0. The van der Waals surface area contributed by atoms with Crippen LogP contribution in [0.25, 0.3) is 0 Å². The molecule has 0 saturated carbocycles. The summed E-state index contributed by atoms with van der Waals surface area (Å²) in [5.41, 5.74) is 9.08. The molecule has 0 heterocycles. The number of hydrogen-bond donors (Lipinski definition) is 1. The Morgan fingerprint density at radius 1 is 1.46 bits per heavy atom. The summed E-state index contributed by atoms with van der Waals surface area (Å²) in [6, 6.07) is 6.58. The molecule has 13 heavy (non-hydrogen) atoms. The summed E-state index contributed by atoms with van der Waals surface area (Å²) in [5, 5.41) is 0. The van der Waals surface area contributed by atoms with Crippen LogP contribution >= 0.6 is 15.9 Å². The highest BCUT2D eigenvalue weighted by molar-refractivity contribution is 9.10. The Labute approximate surface area is 87.5 Å². The molecule has 0 aliphatic heterocycles. The summed E-state index contributed by atoms with van der Waals surface area (Å²) in [7, 11) is 0. The second kappa shape index (κ2) is 2.82. The molecule has 0 spiro atoms. The van der Waals surface area contributed by atoms with Gasteiger partial charge in [0.05, 0.1) is 0 Å². The molecule has 2 heteroatoms. The molecule has 1 atom stereocenters. The molecule has 1 nitrogen and oxygen atoms in total. The molecule has 0 bridgehead atoms. The van der Waals surface area contributed by atoms with Crippen LogP contribution < -0.4 is 5.73 Å². The lowest BCUT2D eigenvalue weighted by Crippen LogP contribution is -2.24. The Kier molecular flexibility index (Phi) is 2.00. The van der Waals surface area contributed by atoms with E-state index in [4.69, 9.17) is 5.73 Å². The van der Waals surface area contributed by atoms with E-state index in [9.17, 15) is 0 Å². The first-order chi connectivity index (χ1) is 6.00. The average molecular weight is 240 g/mol. The third-order valence-corrected chi connectivity index (χ3v) is 3.42. The van der Waals surface area contributed by atoms with Gasteiger partial charge in [0.2, 0.25) is 0 Å². The van der Waals surface area contributed by atoms with Gasteiger partial charge in [-0.3, -0.25) is 0 Å². The van der Waals surface area contributed by atoms with E-state index >= 15 is 0 Å². The average Bonchev–Trinajstić information content (AvgIpc) is 2.22. The normalized spacial score (nSPS) is 24.5. The quantitative estimate of drug-likeness (QED) is 0.741. The Morgan fingerprint density at radius 3 is 2.85 bits per heavy atom. The highest BCUT2D eigenvalue weighted by Crippen LogP contribution is 2.43. The predicted octanol–water partition coefficient (Wildman–Crippen LogP) is 3.03. The fraction of sp³-hybridized carbons (Fsp3) is 0.455. The molecule has 0 amide bonds. The van der Waals surface area contributed by atoms with Crippen LogP contribution in [0, 0.1) is 5.41 Å². The van der Waals surface area contributed by atoms with Crippen molar-refractivity contribution < 1.29 is 0 Å². The van der Waals surface area contributed by atoms with Crippen molar-refractivity contribution >= 4 is 15.9 Å². The Morgan fingerprint density at radius 2 is 2.15 bits per heavy atom. The van der Waals surface area contributed by atoms with Crippen LogP contribution in [0.15, 0.2) is 22.7 Å². The Hall–Kier alpha value is -0.340. The smallest absolute Gasteiger partial charge is 0.0352 e. The van der Waals surface area contributed by atoms with Crippen molar-refractivity contribution in [1.29, 1.82) is 0 Å². The summed E-state index contributed by atoms with van der Waals surface area (Å²) in [6.07, 6.45) is 1.09. The van der Waals surface area contributed by atoms with Gasteiger partial charge < -0.3 is 5.73 Å². The second-order valence-electron chi connectivity index (χ2n) is 4.49. The molecule has 0 unspecified atom stereocenters. The zero-order valence-corrected chi connectivity index (χ0v) is 9.56. The highest BCUT2D eigenvalue weighted by Gasteiger charge is 2.36. The number of hydrogen-bond acceptors (Lipinski definition) is 1. The van der Waals surface area contributed by atoms with Crippen molar-refractivity contribution in [2.75, 3.05) is 0 Å². The van der Waals surface area contributed by atoms with Crippen molar-refractivity contribution in [1.82, 2.24) is 0 Å². The van der Waals surface area contributed by atoms with Gasteiger partial charge in [-0.05, 0) is 35.1 Å². The maximum Gasteiger partial charge on any atom is 0.0352 e. The molecular formula is C11H14BrN. The summed E-state index contributed by atoms with van der Waals surface area (Å²) >= 11 is 3.48. The van der Waals surface area contributed by atoms with E-state index in [1.54, 1.807) is 0 Å². The van der Waals surface area contributed by atoms with Crippen LogP contribution in [-0.2, 0) is 6.42 Å². The van der Waals surface area contributed by atoms with E-state index in [-0.39, 0.29) is 11.5 Å². The molecule has 1 aromatic carbocycles. The zero-order valence-electron chi connectivity index (χ0n) is 7.97. The Balaban J connectivity index is 2.50. The molecule has 70 valence electrons. The Bertz CT molecular complexity index is 344. The van der Waals surface area contributed by atoms with Crippen molar-refractivity contribution in [3.05, 3.63) is 33.8 Å². The van der Waals surface area contributed by atoms with Crippen LogP contribution in [0.4, 0.5) is 0 Å². The van der Waals surface area contributed by atoms with E-state index in [1.165, 1.54) is 11.1 Å². The first-order valence-electron chi connectivity index (χ1n) is 4.54. The number of nitrogens with two attached hydrogens (primary N) is 1. The van der Waals surface area contributed by atoms with Crippen LogP contribution in [0.2, 0.25) is 0 Å². The van der Waals surface area contributed by atoms with Gasteiger partial charge in [-0.25, -0.2) is 0 Å². The van der Waals surface area contributed by atoms with Gasteiger partial charge in [-0.15, -0.1) is 0 Å². The minimum atomic E-state index is 0.190. The molecule has 0 aromatic heterocycles. The minimum Gasteiger partial charge on any atom is -0.323 e. The van der Waals surface area contributed by atoms with Crippen molar-refractivity contribution in [2.45, 2.75) is 26.3 Å². The van der Waals surface area contributed by atoms with Crippen molar-refractivity contribution in [3.8, 4) is 0 Å². The lowest BCUT2D eigenvalue weighted by atomic mass is 9.86. The second-order valence-corrected chi connectivity index (χ2v) is 5.40. The largest absolute Gasteiger partial charge is 0.323 e. The summed E-state index contributed by atoms with van der Waals surface area (Å²) < 4.78 is 1.15. The SMILES string of the molecule is CC1(C)Cc2cc(Br)ccc2[C@@H]1N. The summed E-state index contributed by atoms with van der Waals surface area (Å²) in [4.78, 5) is 0. The summed E-state index contributed by atoms with van der Waals surface area (Å²) in [6.45, 7) is 4.46. The maximum atomic E-state index is 6.16. The zero-order chi connectivity index (χ0) is 9.64. The molecule has 0 saturated heterocycles. The third-order valence-electron chi connectivity index (χ3n) is 2.93. The highest BCUT2D eigenvalue weighted by atomic mass is 79.9. The van der Waals surface area contributed by atoms with Crippen molar-refractivity contribution in [2.24, 2.45) is 11.1 Å². The molecule has 1 aliphatic rings. The number of benzene rings is 1. The van der Waals surface area contributed by atoms with E-state index in [1.807, 2.05) is 0 Å². The van der Waals surface area contributed by atoms with Gasteiger partial charge in [-0.2, -0.15) is 0 Å². The monoisotopic (exact) mass is 239 g/mol. The fourth-order valence-electron chi connectivity index (χ4n) is 2.05. The molecule has 1 aromatic rings. The molecule has 2 rings (SSSR count). The van der Waals surface area contributed by atoms with E-state index < -0.39 is 0 Å². The van der Waals surface area contributed by atoms with Crippen LogP contribution in [-0.4, -0.2) is 0 Å². The topological polar surface area (TPSA) is 26.0 Å². The van der Waals surface area contributed by atoms with Gasteiger partial charge in [0, 0.05) is 10.5 Å². The van der Waals surface area contributed by atoms with Crippen LogP contribution in [0.3, 0.4) is 0 Å². The van der Waals surface area contributed by atoms with Gasteiger partial charge in [0.15, 0.2) is 0 Å². The third kappa shape index (κ3) is 1.42. The lowest BCUT2D eigenvalue weighted by molar-refractivity contribution is 0.319. The fourth-order valence-corrected chi connectivity index (χ4v) is 2.46. The van der Waals surface area contributed by atoms with Crippen LogP contribution in [0.1, 0.15) is 31.0 Å². The molecular weight excluding hydrogens is 226 g/mol. The molecule has 1 aliphatic carbocycles. The molecule has 0 radical (unpaired) electrons. The minimum absolute atomic E-state index is 0.190. The first-order valence-corrected chi connectivity index (χ1v) is 5.34. The van der Waals surface area contributed by atoms with E-state index in [0.717, 1.165) is 10.9 Å². The number of fused-ring (bicyclic) bond motifs is 1. The predicted molar refractivity (Wildman–Crippen MR) is 58.6 cm³/mol. The van der Waals surface area contributed by atoms with E-state index in [2.05, 4.69) is 48.0 Å². The molecule has 0 fully saturated rings. The number of halogens is 1.